The lowest BCUT2D eigenvalue weighted by Gasteiger charge is -2.30. The van der Waals surface area contributed by atoms with Gasteiger partial charge in [0.05, 0.1) is 0 Å². The number of hydrogen-bond acceptors (Lipinski definition) is 3. The fourth-order valence-corrected chi connectivity index (χ4v) is 1.64. The third-order valence-corrected chi connectivity index (χ3v) is 2.69. The lowest BCUT2D eigenvalue weighted by Crippen LogP contribution is -2.09. The first-order chi connectivity index (χ1) is 4.13. The Morgan fingerprint density at radius 1 is 1.56 bits per heavy atom. The summed E-state index contributed by atoms with van der Waals surface area (Å²) < 4.78 is 17.9. The highest BCUT2D eigenvalue weighted by Crippen LogP contribution is 2.45. The molecule has 0 fully saturated rings. The standard InChI is InChI=1S/C5H9NO2S/c6-5-3-1-2-4-9(5,7)8/h2,4,6-8H,1,3H2. The third kappa shape index (κ3) is 1.32. The van der Waals surface area contributed by atoms with Crippen molar-refractivity contribution in [3.63, 3.8) is 0 Å². The minimum atomic E-state index is -2.76. The van der Waals surface area contributed by atoms with E-state index in [0.717, 1.165) is 6.42 Å². The van der Waals surface area contributed by atoms with Crippen LogP contribution in [-0.2, 0) is 0 Å². The molecule has 0 aliphatic carbocycles. The van der Waals surface area contributed by atoms with Gasteiger partial charge in [0.25, 0.3) is 0 Å². The highest BCUT2D eigenvalue weighted by atomic mass is 32.3. The zero-order valence-electron chi connectivity index (χ0n) is 4.87. The molecule has 0 saturated heterocycles. The van der Waals surface area contributed by atoms with Gasteiger partial charge in [-0.25, -0.2) is 0 Å². The molecule has 3 N–H and O–H groups in total. The van der Waals surface area contributed by atoms with Gasteiger partial charge in [0.1, 0.15) is 5.04 Å². The summed E-state index contributed by atoms with van der Waals surface area (Å²) in [5.74, 6) is 0. The molecule has 52 valence electrons. The Kier molecular flexibility index (Phi) is 1.61. The van der Waals surface area contributed by atoms with E-state index < -0.39 is 10.6 Å². The van der Waals surface area contributed by atoms with Gasteiger partial charge >= 0.3 is 0 Å². The summed E-state index contributed by atoms with van der Waals surface area (Å²) in [6.45, 7) is 0. The van der Waals surface area contributed by atoms with Crippen molar-refractivity contribution in [1.82, 2.24) is 0 Å². The Hall–Kier alpha value is -0.320. The molecule has 0 spiro atoms. The van der Waals surface area contributed by atoms with E-state index in [0.29, 0.717) is 6.42 Å². The van der Waals surface area contributed by atoms with Crippen molar-refractivity contribution in [2.24, 2.45) is 0 Å². The summed E-state index contributed by atoms with van der Waals surface area (Å²) in [5.41, 5.74) is 0. The normalized spacial score (nSPS) is 28.0. The van der Waals surface area contributed by atoms with Crippen molar-refractivity contribution in [3.05, 3.63) is 11.5 Å². The fourth-order valence-electron chi connectivity index (χ4n) is 0.649. The molecular formula is C5H9NO2S. The minimum absolute atomic E-state index is 0.0602. The fraction of sp³-hybridized carbons (Fsp3) is 0.400. The molecule has 0 aromatic heterocycles. The van der Waals surface area contributed by atoms with Crippen molar-refractivity contribution < 1.29 is 9.11 Å². The number of hydrogen-bond donors (Lipinski definition) is 3. The molecule has 3 nitrogen and oxygen atoms in total. The second-order valence-electron chi connectivity index (χ2n) is 1.93. The molecule has 0 radical (unpaired) electrons. The van der Waals surface area contributed by atoms with Gasteiger partial charge in [-0.1, -0.05) is 6.08 Å². The Balaban J connectivity index is 2.81. The Bertz CT molecular complexity index is 164. The van der Waals surface area contributed by atoms with E-state index in [1.165, 1.54) is 5.41 Å². The van der Waals surface area contributed by atoms with Crippen LogP contribution < -0.4 is 0 Å². The molecule has 0 bridgehead atoms. The van der Waals surface area contributed by atoms with Crippen molar-refractivity contribution >= 4 is 15.6 Å². The van der Waals surface area contributed by atoms with Gasteiger partial charge < -0.3 is 0 Å². The SMILES string of the molecule is N=C1CCC=CS1(O)O. The molecule has 0 aromatic rings. The van der Waals surface area contributed by atoms with E-state index in [4.69, 9.17) is 14.5 Å². The molecule has 0 unspecified atom stereocenters. The van der Waals surface area contributed by atoms with Crippen LogP contribution in [0.2, 0.25) is 0 Å². The molecule has 1 aliphatic heterocycles. The molecular weight excluding hydrogens is 138 g/mol. The predicted octanol–water partition coefficient (Wildman–Crippen LogP) is 2.02. The molecule has 1 rings (SSSR count). The zero-order chi connectivity index (χ0) is 6.91. The van der Waals surface area contributed by atoms with Crippen molar-refractivity contribution in [3.8, 4) is 0 Å². The largest absolute Gasteiger partial charge is 0.290 e. The van der Waals surface area contributed by atoms with E-state index in [-0.39, 0.29) is 5.04 Å². The molecule has 0 aromatic carbocycles. The van der Waals surface area contributed by atoms with Gasteiger partial charge in [-0.15, -0.1) is 10.6 Å². The summed E-state index contributed by atoms with van der Waals surface area (Å²) in [7, 11) is -2.76. The monoisotopic (exact) mass is 147 g/mol. The van der Waals surface area contributed by atoms with Crippen LogP contribution in [-0.4, -0.2) is 14.1 Å². The average molecular weight is 147 g/mol. The van der Waals surface area contributed by atoms with E-state index in [1.807, 2.05) is 0 Å². The lowest BCUT2D eigenvalue weighted by molar-refractivity contribution is 0.513. The molecule has 9 heavy (non-hydrogen) atoms. The number of allylic oxidation sites excluding steroid dienone is 1. The van der Waals surface area contributed by atoms with Crippen LogP contribution in [0, 0.1) is 5.41 Å². The van der Waals surface area contributed by atoms with Crippen molar-refractivity contribution in [1.29, 1.82) is 5.41 Å². The molecule has 0 atom stereocenters. The van der Waals surface area contributed by atoms with E-state index in [2.05, 4.69) is 0 Å². The topological polar surface area (TPSA) is 64.3 Å². The predicted molar refractivity (Wildman–Crippen MR) is 38.9 cm³/mol. The molecule has 1 heterocycles. The summed E-state index contributed by atoms with van der Waals surface area (Å²) in [4.78, 5) is 0. The van der Waals surface area contributed by atoms with Crippen molar-refractivity contribution in [2.45, 2.75) is 12.8 Å². The lowest BCUT2D eigenvalue weighted by atomic mass is 10.3. The highest BCUT2D eigenvalue weighted by Gasteiger charge is 2.17. The second-order valence-corrected chi connectivity index (χ2v) is 3.88. The maximum atomic E-state index is 8.97. The second kappa shape index (κ2) is 2.13. The summed E-state index contributed by atoms with van der Waals surface area (Å²) >= 11 is 0. The van der Waals surface area contributed by atoms with E-state index in [9.17, 15) is 0 Å². The highest BCUT2D eigenvalue weighted by molar-refractivity contribution is 8.39. The zero-order valence-corrected chi connectivity index (χ0v) is 5.69. The maximum Gasteiger partial charge on any atom is 0.120 e. The number of rotatable bonds is 0. The first-order valence-electron chi connectivity index (χ1n) is 2.65. The Morgan fingerprint density at radius 2 is 2.22 bits per heavy atom. The molecule has 4 heteroatoms. The van der Waals surface area contributed by atoms with Crippen LogP contribution in [0.5, 0.6) is 0 Å². The third-order valence-electron chi connectivity index (χ3n) is 1.19. The van der Waals surface area contributed by atoms with Gasteiger partial charge in [0.2, 0.25) is 0 Å². The van der Waals surface area contributed by atoms with Crippen LogP contribution in [0.1, 0.15) is 12.8 Å². The summed E-state index contributed by atoms with van der Waals surface area (Å²) in [6, 6.07) is 0. The van der Waals surface area contributed by atoms with Gasteiger partial charge in [0.15, 0.2) is 0 Å². The van der Waals surface area contributed by atoms with E-state index >= 15 is 0 Å². The first-order valence-corrected chi connectivity index (χ1v) is 4.26. The molecule has 0 saturated carbocycles. The number of nitrogens with one attached hydrogen (secondary N) is 1. The van der Waals surface area contributed by atoms with Crippen LogP contribution in [0.4, 0.5) is 0 Å². The van der Waals surface area contributed by atoms with Gasteiger partial charge in [-0.2, -0.15) is 0 Å². The average Bonchev–Trinajstić information content (AvgIpc) is 1.77. The minimum Gasteiger partial charge on any atom is -0.290 e. The van der Waals surface area contributed by atoms with Gasteiger partial charge in [-0.05, 0) is 6.42 Å². The molecule has 1 aliphatic rings. The summed E-state index contributed by atoms with van der Waals surface area (Å²) in [5, 5.41) is 8.46. The Labute approximate surface area is 55.3 Å². The quantitative estimate of drug-likeness (QED) is 0.490. The van der Waals surface area contributed by atoms with Crippen LogP contribution >= 0.6 is 10.6 Å². The van der Waals surface area contributed by atoms with Gasteiger partial charge in [0, 0.05) is 11.8 Å². The van der Waals surface area contributed by atoms with Crippen molar-refractivity contribution in [2.75, 3.05) is 0 Å². The Morgan fingerprint density at radius 3 is 2.56 bits per heavy atom. The smallest absolute Gasteiger partial charge is 0.120 e. The molecule has 0 amide bonds. The maximum absolute atomic E-state index is 8.97. The van der Waals surface area contributed by atoms with Crippen LogP contribution in [0.15, 0.2) is 11.5 Å². The van der Waals surface area contributed by atoms with Gasteiger partial charge in [-0.3, -0.25) is 14.5 Å². The van der Waals surface area contributed by atoms with Crippen LogP contribution in [0.3, 0.4) is 0 Å². The van der Waals surface area contributed by atoms with Crippen LogP contribution in [0.25, 0.3) is 0 Å². The van der Waals surface area contributed by atoms with E-state index in [1.54, 1.807) is 6.08 Å². The first kappa shape index (κ1) is 6.80. The summed E-state index contributed by atoms with van der Waals surface area (Å²) in [6.07, 6.45) is 2.95.